The fraction of sp³-hybridized carbons (Fsp3) is 0.486. The molecule has 2 aromatic heterocycles. The first-order chi connectivity index (χ1) is 26.8. The highest BCUT2D eigenvalue weighted by molar-refractivity contribution is 6.17. The number of carbonyl (C=O) groups is 5. The minimum absolute atomic E-state index is 0.108. The van der Waals surface area contributed by atoms with Gasteiger partial charge in [0, 0.05) is 93.7 Å². The molecule has 1 fully saturated rings. The highest BCUT2D eigenvalue weighted by atomic mass is 16.5. The molecule has 296 valence electrons. The lowest BCUT2D eigenvalue weighted by Gasteiger charge is -2.26. The van der Waals surface area contributed by atoms with Crippen molar-refractivity contribution in [3.05, 3.63) is 54.4 Å². The molecular weight excluding hydrogens is 710 g/mol. The number of nitrogens with one attached hydrogen (secondary N) is 6. The lowest BCUT2D eigenvalue weighted by molar-refractivity contribution is -0.138. The van der Waals surface area contributed by atoms with Gasteiger partial charge in [0.05, 0.1) is 75.2 Å². The summed E-state index contributed by atoms with van der Waals surface area (Å²) in [5.74, 6) is -1.58. The van der Waals surface area contributed by atoms with Crippen LogP contribution in [0.2, 0.25) is 0 Å². The predicted molar refractivity (Wildman–Crippen MR) is 206 cm³/mol. The molecule has 18 heteroatoms. The van der Waals surface area contributed by atoms with Crippen LogP contribution in [0.3, 0.4) is 0 Å². The molecule has 4 heterocycles. The van der Waals surface area contributed by atoms with E-state index in [-0.39, 0.29) is 88.1 Å². The summed E-state index contributed by atoms with van der Waals surface area (Å²) in [5, 5.41) is 20.1. The molecule has 0 spiro atoms. The van der Waals surface area contributed by atoms with Crippen molar-refractivity contribution in [1.82, 2.24) is 46.4 Å². The van der Waals surface area contributed by atoms with Crippen LogP contribution in [0.15, 0.2) is 54.4 Å². The van der Waals surface area contributed by atoms with E-state index in [1.165, 1.54) is 11.0 Å². The van der Waals surface area contributed by atoms with E-state index in [2.05, 4.69) is 46.8 Å². The maximum atomic E-state index is 13.3. The molecule has 2 aliphatic heterocycles. The van der Waals surface area contributed by atoms with Crippen LogP contribution < -0.4 is 37.6 Å². The smallest absolute Gasteiger partial charge is 0.258 e. The van der Waals surface area contributed by atoms with Crippen LogP contribution in [0.4, 0.5) is 5.69 Å². The van der Waals surface area contributed by atoms with Crippen molar-refractivity contribution in [2.45, 2.75) is 12.5 Å². The second-order valence-corrected chi connectivity index (χ2v) is 12.9. The number of amides is 5. The normalized spacial score (nSPS) is 17.4. The second kappa shape index (κ2) is 21.8. The third-order valence-corrected chi connectivity index (χ3v) is 9.08. The zero-order valence-electron chi connectivity index (χ0n) is 30.9. The Bertz CT molecular complexity index is 1820. The van der Waals surface area contributed by atoms with Crippen molar-refractivity contribution in [3.8, 4) is 0 Å². The number of rotatable bonds is 17. The Labute approximate surface area is 319 Å². The molecule has 3 aromatic rings. The number of aromatic nitrogens is 2. The van der Waals surface area contributed by atoms with Gasteiger partial charge in [-0.15, -0.1) is 0 Å². The van der Waals surface area contributed by atoms with E-state index in [4.69, 9.17) is 15.2 Å². The van der Waals surface area contributed by atoms with Gasteiger partial charge in [-0.25, -0.2) is 0 Å². The highest BCUT2D eigenvalue weighted by Gasteiger charge is 2.34. The molecule has 18 nitrogen and oxygen atoms in total. The third-order valence-electron chi connectivity index (χ3n) is 9.08. The van der Waals surface area contributed by atoms with E-state index >= 15 is 0 Å². The minimum Gasteiger partial charge on any atom is -0.379 e. The van der Waals surface area contributed by atoms with E-state index in [1.54, 1.807) is 12.4 Å². The number of ether oxygens (including phenoxy) is 2. The van der Waals surface area contributed by atoms with Crippen molar-refractivity contribution in [1.29, 1.82) is 0 Å². The van der Waals surface area contributed by atoms with Crippen molar-refractivity contribution in [2.75, 3.05) is 110 Å². The monoisotopic (exact) mass is 761 g/mol. The molecule has 0 bridgehead atoms. The molecule has 0 saturated carbocycles. The summed E-state index contributed by atoms with van der Waals surface area (Å²) in [6.07, 6.45) is 4.96. The first-order valence-corrected chi connectivity index (χ1v) is 18.6. The summed E-state index contributed by atoms with van der Waals surface area (Å²) in [5.41, 5.74) is 7.80. The largest absolute Gasteiger partial charge is 0.379 e. The number of hydrogen-bond acceptors (Lipinski definition) is 14. The van der Waals surface area contributed by atoms with Gasteiger partial charge in [-0.1, -0.05) is 6.07 Å². The summed E-state index contributed by atoms with van der Waals surface area (Å²) in [6, 6.07) is 9.01. The van der Waals surface area contributed by atoms with E-state index in [9.17, 15) is 24.0 Å². The zero-order chi connectivity index (χ0) is 38.8. The van der Waals surface area contributed by atoms with Gasteiger partial charge in [0.25, 0.3) is 11.8 Å². The van der Waals surface area contributed by atoms with Crippen molar-refractivity contribution >= 4 is 57.0 Å². The Morgan fingerprint density at radius 1 is 0.855 bits per heavy atom. The average Bonchev–Trinajstić information content (AvgIpc) is 3.47. The molecule has 2 aliphatic rings. The summed E-state index contributed by atoms with van der Waals surface area (Å²) in [4.78, 5) is 74.4. The van der Waals surface area contributed by atoms with Gasteiger partial charge in [-0.3, -0.25) is 43.7 Å². The van der Waals surface area contributed by atoms with Crippen LogP contribution in [0.25, 0.3) is 21.8 Å². The number of nitrogens with two attached hydrogens (primary N) is 1. The summed E-state index contributed by atoms with van der Waals surface area (Å²) < 4.78 is 11.2. The van der Waals surface area contributed by atoms with Crippen LogP contribution in [0, 0.1) is 0 Å². The Kier molecular flexibility index (Phi) is 16.3. The molecule has 1 saturated heterocycles. The Hall–Kier alpha value is -4.95. The highest BCUT2D eigenvalue weighted by Crippen LogP contribution is 2.29. The zero-order valence-corrected chi connectivity index (χ0v) is 30.9. The van der Waals surface area contributed by atoms with Gasteiger partial charge >= 0.3 is 0 Å². The molecule has 0 radical (unpaired) electrons. The molecule has 5 rings (SSSR count). The maximum Gasteiger partial charge on any atom is 0.258 e. The second-order valence-electron chi connectivity index (χ2n) is 12.9. The van der Waals surface area contributed by atoms with Crippen molar-refractivity contribution in [3.63, 3.8) is 0 Å². The third kappa shape index (κ3) is 12.5. The van der Waals surface area contributed by atoms with Crippen LogP contribution in [0.1, 0.15) is 6.42 Å². The van der Waals surface area contributed by atoms with Crippen LogP contribution in [-0.4, -0.2) is 160 Å². The van der Waals surface area contributed by atoms with Crippen LogP contribution >= 0.6 is 0 Å². The topological polar surface area (TPSA) is 234 Å². The molecular formula is C37H51N11O7. The number of anilines is 1. The SMILES string of the molecule is NCC(=O)NCC(=O)NCCN1CCNCCNC(C2=CC(=O)N(CCOCCOCCC(=O)Nc3cc4cccnc4c4ncccc34)C2=O)CNCC1. The molecule has 1 unspecified atom stereocenters. The lowest BCUT2D eigenvalue weighted by Crippen LogP contribution is -2.49. The number of carbonyl (C=O) groups excluding carboxylic acids is 5. The molecule has 0 aliphatic carbocycles. The van der Waals surface area contributed by atoms with E-state index in [0.29, 0.717) is 57.1 Å². The average molecular weight is 762 g/mol. The van der Waals surface area contributed by atoms with Gasteiger partial charge < -0.3 is 47.1 Å². The summed E-state index contributed by atoms with van der Waals surface area (Å²) in [6.45, 7) is 6.29. The van der Waals surface area contributed by atoms with Gasteiger partial charge in [0.1, 0.15) is 0 Å². The predicted octanol–water partition coefficient (Wildman–Crippen LogP) is -1.92. The molecule has 8 N–H and O–H groups in total. The number of imide groups is 1. The fourth-order valence-corrected chi connectivity index (χ4v) is 6.20. The first kappa shape index (κ1) is 41.2. The number of pyridine rings is 2. The molecule has 1 atom stereocenters. The summed E-state index contributed by atoms with van der Waals surface area (Å²) >= 11 is 0. The van der Waals surface area contributed by atoms with Gasteiger partial charge in [0.15, 0.2) is 0 Å². The Morgan fingerprint density at radius 3 is 2.44 bits per heavy atom. The van der Waals surface area contributed by atoms with Gasteiger partial charge in [-0.05, 0) is 24.3 Å². The van der Waals surface area contributed by atoms with E-state index in [1.807, 2.05) is 30.3 Å². The summed E-state index contributed by atoms with van der Waals surface area (Å²) in [7, 11) is 0. The Morgan fingerprint density at radius 2 is 1.62 bits per heavy atom. The quantitative estimate of drug-likeness (QED) is 0.0452. The van der Waals surface area contributed by atoms with E-state index in [0.717, 1.165) is 34.9 Å². The maximum absolute atomic E-state index is 13.3. The first-order valence-electron chi connectivity index (χ1n) is 18.6. The van der Waals surface area contributed by atoms with Crippen LogP contribution in [-0.2, 0) is 33.4 Å². The standard InChI is InChI=1S/C37H51N11O7/c38-23-32(50)45-25-33(51)42-12-15-47-13-10-39-8-9-41-30(24-40-11-14-47)28-22-34(52)48(37(28)53)16-18-55-20-19-54-17-5-31(49)46-29-21-26-3-1-6-43-35(26)36-27(29)4-2-7-44-36/h1-4,6-7,21-22,30,39-41H,5,8-20,23-25,38H2,(H,42,51)(H,45,50)(H,46,49). The number of benzene rings is 1. The van der Waals surface area contributed by atoms with Crippen molar-refractivity contribution in [2.24, 2.45) is 5.73 Å². The molecule has 5 amide bonds. The lowest BCUT2D eigenvalue weighted by atomic mass is 10.1. The Balaban J connectivity index is 0.965. The van der Waals surface area contributed by atoms with E-state index < -0.39 is 0 Å². The van der Waals surface area contributed by atoms with Gasteiger partial charge in [-0.2, -0.15) is 0 Å². The minimum atomic E-state index is -0.386. The fourth-order valence-electron chi connectivity index (χ4n) is 6.20. The van der Waals surface area contributed by atoms with Crippen LogP contribution in [0.5, 0.6) is 0 Å². The molecule has 1 aromatic carbocycles. The van der Waals surface area contributed by atoms with Crippen molar-refractivity contribution < 1.29 is 33.4 Å². The molecule has 55 heavy (non-hydrogen) atoms. The number of nitrogens with zero attached hydrogens (tertiary/aromatic N) is 4. The number of hydrogen-bond donors (Lipinski definition) is 7. The number of fused-ring (bicyclic) bond motifs is 3. The van der Waals surface area contributed by atoms with Gasteiger partial charge in [0.2, 0.25) is 17.7 Å².